The summed E-state index contributed by atoms with van der Waals surface area (Å²) in [6.07, 6.45) is 0.0844. The largest absolute Gasteiger partial charge is 0.481 e. The topological polar surface area (TPSA) is 40.5 Å². The van der Waals surface area contributed by atoms with Gasteiger partial charge in [-0.15, -0.1) is 11.3 Å². The summed E-state index contributed by atoms with van der Waals surface area (Å²) < 4.78 is 0. The minimum Gasteiger partial charge on any atom is -0.481 e. The maximum Gasteiger partial charge on any atom is 0.307 e. The summed E-state index contributed by atoms with van der Waals surface area (Å²) in [5, 5.41) is 11.1. The molecule has 2 aromatic rings. The lowest BCUT2D eigenvalue weighted by atomic mass is 10.0. The van der Waals surface area contributed by atoms with Gasteiger partial charge in [0.1, 0.15) is 0 Å². The molecular formula is C17H21NO2S. The highest BCUT2D eigenvalue weighted by Gasteiger charge is 2.14. The number of hydrogen-bond donors (Lipinski definition) is 1. The molecule has 0 radical (unpaired) electrons. The Morgan fingerprint density at radius 3 is 2.43 bits per heavy atom. The molecule has 1 heterocycles. The molecule has 1 aromatic heterocycles. The first-order chi connectivity index (χ1) is 10.1. The fourth-order valence-electron chi connectivity index (χ4n) is 2.29. The van der Waals surface area contributed by atoms with E-state index in [4.69, 9.17) is 5.11 Å². The quantitative estimate of drug-likeness (QED) is 0.846. The van der Waals surface area contributed by atoms with E-state index in [1.54, 1.807) is 11.3 Å². The minimum absolute atomic E-state index is 0.0844. The molecule has 2 rings (SSSR count). The monoisotopic (exact) mass is 303 g/mol. The summed E-state index contributed by atoms with van der Waals surface area (Å²) in [6, 6.07) is 12.4. The highest BCUT2D eigenvalue weighted by molar-refractivity contribution is 7.09. The van der Waals surface area contributed by atoms with E-state index in [9.17, 15) is 4.79 Å². The first-order valence-corrected chi connectivity index (χ1v) is 7.99. The summed E-state index contributed by atoms with van der Waals surface area (Å²) in [5.41, 5.74) is 2.01. The molecule has 3 nitrogen and oxygen atoms in total. The van der Waals surface area contributed by atoms with Gasteiger partial charge in [-0.2, -0.15) is 0 Å². The fourth-order valence-corrected chi connectivity index (χ4v) is 3.02. The Hall–Kier alpha value is -1.65. The number of carboxylic acids is 1. The van der Waals surface area contributed by atoms with Gasteiger partial charge in [-0.25, -0.2) is 0 Å². The smallest absolute Gasteiger partial charge is 0.307 e. The third-order valence-corrected chi connectivity index (χ3v) is 4.36. The van der Waals surface area contributed by atoms with Gasteiger partial charge in [0.05, 0.1) is 6.42 Å². The zero-order chi connectivity index (χ0) is 15.2. The van der Waals surface area contributed by atoms with Crippen LogP contribution < -0.4 is 0 Å². The summed E-state index contributed by atoms with van der Waals surface area (Å²) >= 11 is 1.76. The van der Waals surface area contributed by atoms with Crippen molar-refractivity contribution in [2.24, 2.45) is 0 Å². The second kappa shape index (κ2) is 7.38. The van der Waals surface area contributed by atoms with Crippen molar-refractivity contribution in [3.05, 3.63) is 57.8 Å². The average molecular weight is 303 g/mol. The number of rotatable bonds is 7. The van der Waals surface area contributed by atoms with Crippen LogP contribution in [-0.4, -0.2) is 22.0 Å². The Bertz CT molecular complexity index is 578. The minimum atomic E-state index is -0.781. The van der Waals surface area contributed by atoms with E-state index >= 15 is 0 Å². The van der Waals surface area contributed by atoms with Gasteiger partial charge in [0.15, 0.2) is 0 Å². The summed E-state index contributed by atoms with van der Waals surface area (Å²) in [4.78, 5) is 14.7. The number of carboxylic acid groups (broad SMARTS) is 1. The van der Waals surface area contributed by atoms with Gasteiger partial charge in [-0.05, 0) is 36.4 Å². The number of thiophene rings is 1. The SMILES string of the molecule is CC(C)N(Cc1cccs1)Cc1ccccc1CC(=O)O. The van der Waals surface area contributed by atoms with E-state index in [-0.39, 0.29) is 6.42 Å². The standard InChI is InChI=1S/C17H21NO2S/c1-13(2)18(12-16-8-5-9-21-16)11-15-7-4-3-6-14(15)10-17(19)20/h3-9,13H,10-12H2,1-2H3,(H,19,20). The lowest BCUT2D eigenvalue weighted by Gasteiger charge is -2.27. The van der Waals surface area contributed by atoms with E-state index in [1.807, 2.05) is 24.3 Å². The van der Waals surface area contributed by atoms with Gasteiger partial charge < -0.3 is 5.11 Å². The highest BCUT2D eigenvalue weighted by atomic mass is 32.1. The molecule has 0 amide bonds. The molecular weight excluding hydrogens is 282 g/mol. The van der Waals surface area contributed by atoms with Crippen molar-refractivity contribution >= 4 is 17.3 Å². The molecule has 0 aliphatic carbocycles. The molecule has 1 aromatic carbocycles. The first-order valence-electron chi connectivity index (χ1n) is 7.11. The molecule has 0 aliphatic heterocycles. The van der Waals surface area contributed by atoms with Crippen LogP contribution >= 0.6 is 11.3 Å². The predicted molar refractivity (Wildman–Crippen MR) is 86.5 cm³/mol. The van der Waals surface area contributed by atoms with Crippen LogP contribution in [0.3, 0.4) is 0 Å². The van der Waals surface area contributed by atoms with E-state index in [2.05, 4.69) is 36.3 Å². The summed E-state index contributed by atoms with van der Waals surface area (Å²) in [7, 11) is 0. The Labute approximate surface area is 129 Å². The maximum atomic E-state index is 11.0. The zero-order valence-corrected chi connectivity index (χ0v) is 13.3. The van der Waals surface area contributed by atoms with Gasteiger partial charge >= 0.3 is 5.97 Å². The molecule has 0 spiro atoms. The summed E-state index contributed by atoms with van der Waals surface area (Å²) in [5.74, 6) is -0.781. The van der Waals surface area contributed by atoms with Crippen molar-refractivity contribution in [1.29, 1.82) is 0 Å². The molecule has 0 bridgehead atoms. The lowest BCUT2D eigenvalue weighted by molar-refractivity contribution is -0.136. The third-order valence-electron chi connectivity index (χ3n) is 3.50. The molecule has 0 atom stereocenters. The molecule has 112 valence electrons. The molecule has 0 fully saturated rings. The lowest BCUT2D eigenvalue weighted by Crippen LogP contribution is -2.30. The van der Waals surface area contributed by atoms with Crippen molar-refractivity contribution in [3.8, 4) is 0 Å². The maximum absolute atomic E-state index is 11.0. The van der Waals surface area contributed by atoms with Crippen LogP contribution in [0.15, 0.2) is 41.8 Å². The average Bonchev–Trinajstić information content (AvgIpc) is 2.92. The number of carbonyl (C=O) groups is 1. The van der Waals surface area contributed by atoms with Crippen molar-refractivity contribution in [2.75, 3.05) is 0 Å². The molecule has 4 heteroatoms. The van der Waals surface area contributed by atoms with Gasteiger partial charge in [-0.1, -0.05) is 30.3 Å². The van der Waals surface area contributed by atoms with E-state index in [0.29, 0.717) is 6.04 Å². The number of benzene rings is 1. The van der Waals surface area contributed by atoms with Crippen LogP contribution in [0, 0.1) is 0 Å². The number of nitrogens with zero attached hydrogens (tertiary/aromatic N) is 1. The van der Waals surface area contributed by atoms with Gasteiger partial charge in [0, 0.05) is 24.0 Å². The van der Waals surface area contributed by atoms with E-state index in [0.717, 1.165) is 24.2 Å². The van der Waals surface area contributed by atoms with Crippen molar-refractivity contribution in [2.45, 2.75) is 39.4 Å². The van der Waals surface area contributed by atoms with Crippen LogP contribution in [0.5, 0.6) is 0 Å². The van der Waals surface area contributed by atoms with Crippen LogP contribution in [0.2, 0.25) is 0 Å². The van der Waals surface area contributed by atoms with Crippen LogP contribution in [0.1, 0.15) is 29.9 Å². The van der Waals surface area contributed by atoms with Gasteiger partial charge in [0.2, 0.25) is 0 Å². The van der Waals surface area contributed by atoms with Crippen molar-refractivity contribution in [1.82, 2.24) is 4.90 Å². The Kier molecular flexibility index (Phi) is 5.53. The second-order valence-electron chi connectivity index (χ2n) is 5.42. The summed E-state index contributed by atoms with van der Waals surface area (Å²) in [6.45, 7) is 6.02. The van der Waals surface area contributed by atoms with Crippen LogP contribution in [0.4, 0.5) is 0 Å². The van der Waals surface area contributed by atoms with E-state index < -0.39 is 5.97 Å². The normalized spacial score (nSPS) is 11.2. The van der Waals surface area contributed by atoms with Crippen molar-refractivity contribution in [3.63, 3.8) is 0 Å². The Morgan fingerprint density at radius 1 is 1.14 bits per heavy atom. The van der Waals surface area contributed by atoms with Gasteiger partial charge in [0.25, 0.3) is 0 Å². The number of hydrogen-bond acceptors (Lipinski definition) is 3. The molecule has 0 unspecified atom stereocenters. The Morgan fingerprint density at radius 2 is 1.86 bits per heavy atom. The molecule has 0 aliphatic rings. The second-order valence-corrected chi connectivity index (χ2v) is 6.45. The van der Waals surface area contributed by atoms with Crippen LogP contribution in [-0.2, 0) is 24.3 Å². The number of aliphatic carboxylic acids is 1. The molecule has 21 heavy (non-hydrogen) atoms. The van der Waals surface area contributed by atoms with Crippen molar-refractivity contribution < 1.29 is 9.90 Å². The zero-order valence-electron chi connectivity index (χ0n) is 12.5. The fraction of sp³-hybridized carbons (Fsp3) is 0.353. The third kappa shape index (κ3) is 4.69. The molecule has 0 saturated heterocycles. The van der Waals surface area contributed by atoms with Gasteiger partial charge in [-0.3, -0.25) is 9.69 Å². The van der Waals surface area contributed by atoms with E-state index in [1.165, 1.54) is 4.88 Å². The Balaban J connectivity index is 2.15. The molecule has 1 N–H and O–H groups in total. The predicted octanol–water partition coefficient (Wildman–Crippen LogP) is 3.79. The molecule has 0 saturated carbocycles. The highest BCUT2D eigenvalue weighted by Crippen LogP contribution is 2.19. The van der Waals surface area contributed by atoms with Crippen LogP contribution in [0.25, 0.3) is 0 Å². The first kappa shape index (κ1) is 15.7.